The monoisotopic (exact) mass is 288 g/mol. The maximum atomic E-state index is 12.2. The Kier molecular flexibility index (Phi) is 5.93. The lowest BCUT2D eigenvalue weighted by Crippen LogP contribution is -2.30. The van der Waals surface area contributed by atoms with Gasteiger partial charge < -0.3 is 10.6 Å². The molecule has 21 heavy (non-hydrogen) atoms. The van der Waals surface area contributed by atoms with Crippen molar-refractivity contribution in [1.29, 1.82) is 0 Å². The van der Waals surface area contributed by atoms with E-state index >= 15 is 0 Å². The molecule has 0 saturated carbocycles. The van der Waals surface area contributed by atoms with Crippen LogP contribution >= 0.6 is 0 Å². The van der Waals surface area contributed by atoms with Crippen LogP contribution in [0.3, 0.4) is 0 Å². The summed E-state index contributed by atoms with van der Waals surface area (Å²) in [7, 11) is 1.84. The molecular weight excluding hydrogens is 264 g/mol. The summed E-state index contributed by atoms with van der Waals surface area (Å²) in [5.41, 5.74) is 3.44. The van der Waals surface area contributed by atoms with E-state index in [-0.39, 0.29) is 24.5 Å². The lowest BCUT2D eigenvalue weighted by atomic mass is 9.89. The second-order valence-electron chi connectivity index (χ2n) is 5.57. The third-order valence-electron chi connectivity index (χ3n) is 3.95. The van der Waals surface area contributed by atoms with Crippen molar-refractivity contribution in [2.45, 2.75) is 38.5 Å². The average Bonchev–Trinajstić information content (AvgIpc) is 2.52. The first-order valence-electron chi connectivity index (χ1n) is 7.77. The molecule has 0 bridgehead atoms. The van der Waals surface area contributed by atoms with Crippen LogP contribution in [0.15, 0.2) is 18.2 Å². The number of hydrogen-bond donors (Lipinski definition) is 2. The fraction of sp³-hybridized carbons (Fsp3) is 0.529. The van der Waals surface area contributed by atoms with Gasteiger partial charge in [-0.3, -0.25) is 9.59 Å². The molecule has 1 aromatic carbocycles. The fourth-order valence-electron chi connectivity index (χ4n) is 2.69. The van der Waals surface area contributed by atoms with E-state index in [2.05, 4.69) is 16.7 Å². The number of aryl methyl sites for hydroxylation is 2. The van der Waals surface area contributed by atoms with Gasteiger partial charge in [0.1, 0.15) is 0 Å². The molecule has 4 nitrogen and oxygen atoms in total. The molecule has 0 atom stereocenters. The molecule has 0 heterocycles. The summed E-state index contributed by atoms with van der Waals surface area (Å²) in [4.78, 5) is 23.8. The van der Waals surface area contributed by atoms with E-state index in [1.807, 2.05) is 19.2 Å². The highest BCUT2D eigenvalue weighted by molar-refractivity contribution is 5.98. The van der Waals surface area contributed by atoms with Crippen LogP contribution in [-0.4, -0.2) is 31.8 Å². The largest absolute Gasteiger partial charge is 0.355 e. The Morgan fingerprint density at radius 2 is 1.81 bits per heavy atom. The van der Waals surface area contributed by atoms with Gasteiger partial charge in [0.2, 0.25) is 5.91 Å². The molecule has 1 aliphatic rings. The van der Waals surface area contributed by atoms with Gasteiger partial charge >= 0.3 is 0 Å². The van der Waals surface area contributed by atoms with Crippen molar-refractivity contribution in [2.75, 3.05) is 20.1 Å². The minimum atomic E-state index is -0.0587. The highest BCUT2D eigenvalue weighted by atomic mass is 16.2. The van der Waals surface area contributed by atoms with Crippen molar-refractivity contribution in [3.8, 4) is 0 Å². The zero-order chi connectivity index (χ0) is 15.1. The number of rotatable bonds is 7. The number of benzene rings is 1. The van der Waals surface area contributed by atoms with Gasteiger partial charge in [-0.15, -0.1) is 0 Å². The molecule has 1 aromatic rings. The minimum absolute atomic E-state index is 0.0587. The minimum Gasteiger partial charge on any atom is -0.355 e. The molecule has 0 fully saturated rings. The van der Waals surface area contributed by atoms with Gasteiger partial charge in [-0.05, 0) is 49.9 Å². The number of Topliss-reactive ketones (excluding diaryl/α,β-unsaturated/α-hetero) is 1. The molecule has 0 radical (unpaired) electrons. The SMILES string of the molecule is CNCCNC(=O)CCC(=O)c1ccc2c(c1)CCCC2. The molecule has 0 unspecified atom stereocenters. The van der Waals surface area contributed by atoms with Crippen LogP contribution in [0.2, 0.25) is 0 Å². The van der Waals surface area contributed by atoms with Gasteiger partial charge in [0, 0.05) is 31.5 Å². The number of carbonyl (C=O) groups is 2. The van der Waals surface area contributed by atoms with Gasteiger partial charge in [-0.2, -0.15) is 0 Å². The highest BCUT2D eigenvalue weighted by Gasteiger charge is 2.13. The van der Waals surface area contributed by atoms with Gasteiger partial charge in [-0.25, -0.2) is 0 Å². The predicted molar refractivity (Wildman–Crippen MR) is 83.6 cm³/mol. The Morgan fingerprint density at radius 3 is 2.57 bits per heavy atom. The normalized spacial score (nSPS) is 13.6. The highest BCUT2D eigenvalue weighted by Crippen LogP contribution is 2.22. The number of nitrogens with one attached hydrogen (secondary N) is 2. The van der Waals surface area contributed by atoms with Crippen LogP contribution in [0.1, 0.15) is 47.2 Å². The zero-order valence-corrected chi connectivity index (χ0v) is 12.7. The van der Waals surface area contributed by atoms with Gasteiger partial charge in [0.15, 0.2) is 5.78 Å². The van der Waals surface area contributed by atoms with Crippen LogP contribution in [0.4, 0.5) is 0 Å². The first-order valence-corrected chi connectivity index (χ1v) is 7.77. The Labute approximate surface area is 126 Å². The molecular formula is C17H24N2O2. The molecule has 2 rings (SSSR count). The van der Waals surface area contributed by atoms with E-state index in [0.29, 0.717) is 6.54 Å². The van der Waals surface area contributed by atoms with Crippen molar-refractivity contribution in [3.63, 3.8) is 0 Å². The Bertz CT molecular complexity index is 512. The summed E-state index contributed by atoms with van der Waals surface area (Å²) >= 11 is 0. The molecule has 0 spiro atoms. The van der Waals surface area contributed by atoms with Crippen LogP contribution in [-0.2, 0) is 17.6 Å². The Morgan fingerprint density at radius 1 is 1.05 bits per heavy atom. The Hall–Kier alpha value is -1.68. The lowest BCUT2D eigenvalue weighted by Gasteiger charge is -2.16. The van der Waals surface area contributed by atoms with Crippen molar-refractivity contribution >= 4 is 11.7 Å². The smallest absolute Gasteiger partial charge is 0.220 e. The fourth-order valence-corrected chi connectivity index (χ4v) is 2.69. The molecule has 2 N–H and O–H groups in total. The number of hydrogen-bond acceptors (Lipinski definition) is 3. The summed E-state index contributed by atoms with van der Waals surface area (Å²) in [6, 6.07) is 6.01. The molecule has 1 aliphatic carbocycles. The van der Waals surface area contributed by atoms with E-state index in [1.165, 1.54) is 24.0 Å². The second kappa shape index (κ2) is 7.93. The second-order valence-corrected chi connectivity index (χ2v) is 5.57. The third kappa shape index (κ3) is 4.67. The van der Waals surface area contributed by atoms with E-state index in [9.17, 15) is 9.59 Å². The van der Waals surface area contributed by atoms with E-state index in [4.69, 9.17) is 0 Å². The van der Waals surface area contributed by atoms with E-state index < -0.39 is 0 Å². The molecule has 4 heteroatoms. The molecule has 114 valence electrons. The molecule has 1 amide bonds. The number of amides is 1. The molecule has 0 aliphatic heterocycles. The maximum absolute atomic E-state index is 12.2. The average molecular weight is 288 g/mol. The van der Waals surface area contributed by atoms with E-state index in [0.717, 1.165) is 24.9 Å². The van der Waals surface area contributed by atoms with Gasteiger partial charge in [0.25, 0.3) is 0 Å². The van der Waals surface area contributed by atoms with Crippen LogP contribution < -0.4 is 10.6 Å². The summed E-state index contributed by atoms with van der Waals surface area (Å²) in [6.45, 7) is 1.34. The first-order chi connectivity index (χ1) is 10.2. The number of fused-ring (bicyclic) bond motifs is 1. The van der Waals surface area contributed by atoms with Crippen LogP contribution in [0.25, 0.3) is 0 Å². The van der Waals surface area contributed by atoms with Crippen molar-refractivity contribution in [1.82, 2.24) is 10.6 Å². The topological polar surface area (TPSA) is 58.2 Å². The summed E-state index contributed by atoms with van der Waals surface area (Å²) in [5, 5.41) is 5.75. The third-order valence-corrected chi connectivity index (χ3v) is 3.95. The Balaban J connectivity index is 1.84. The van der Waals surface area contributed by atoms with E-state index in [1.54, 1.807) is 0 Å². The first kappa shape index (κ1) is 15.7. The molecule has 0 saturated heterocycles. The van der Waals surface area contributed by atoms with Crippen LogP contribution in [0.5, 0.6) is 0 Å². The number of likely N-dealkylation sites (N-methyl/N-ethyl adjacent to an activating group) is 1. The zero-order valence-electron chi connectivity index (χ0n) is 12.7. The maximum Gasteiger partial charge on any atom is 0.220 e. The van der Waals surface area contributed by atoms with Gasteiger partial charge in [0.05, 0.1) is 0 Å². The lowest BCUT2D eigenvalue weighted by molar-refractivity contribution is -0.121. The number of ketones is 1. The van der Waals surface area contributed by atoms with Crippen molar-refractivity contribution in [3.05, 3.63) is 34.9 Å². The standard InChI is InChI=1S/C17H24N2O2/c1-18-10-11-19-17(21)9-8-16(20)15-7-6-13-4-2-3-5-14(13)12-15/h6-7,12,18H,2-5,8-11H2,1H3,(H,19,21). The number of carbonyl (C=O) groups excluding carboxylic acids is 2. The van der Waals surface area contributed by atoms with Crippen LogP contribution in [0, 0.1) is 0 Å². The summed E-state index contributed by atoms with van der Waals surface area (Å²) in [6.07, 6.45) is 5.19. The van der Waals surface area contributed by atoms with Crippen molar-refractivity contribution in [2.24, 2.45) is 0 Å². The molecule has 0 aromatic heterocycles. The van der Waals surface area contributed by atoms with Gasteiger partial charge in [-0.1, -0.05) is 12.1 Å². The summed E-state index contributed by atoms with van der Waals surface area (Å²) < 4.78 is 0. The van der Waals surface area contributed by atoms with Crippen molar-refractivity contribution < 1.29 is 9.59 Å². The quantitative estimate of drug-likeness (QED) is 0.595. The summed E-state index contributed by atoms with van der Waals surface area (Å²) in [5.74, 6) is 0.00343. The predicted octanol–water partition coefficient (Wildman–Crippen LogP) is 1.86.